The van der Waals surface area contributed by atoms with E-state index in [1.54, 1.807) is 51.1 Å². The van der Waals surface area contributed by atoms with Crippen molar-refractivity contribution in [3.05, 3.63) is 53.1 Å². The number of nitriles is 1. The number of carbonyl (C=O) groups excluding carboxylic acids is 2. The molecule has 0 amide bonds. The van der Waals surface area contributed by atoms with Gasteiger partial charge in [-0.15, -0.1) is 0 Å². The second kappa shape index (κ2) is 9.81. The van der Waals surface area contributed by atoms with Gasteiger partial charge >= 0.3 is 5.97 Å². The van der Waals surface area contributed by atoms with Crippen LogP contribution in [0.15, 0.2) is 42.0 Å². The molecular weight excluding hydrogens is 398 g/mol. The normalized spacial score (nSPS) is 11.3. The van der Waals surface area contributed by atoms with Crippen LogP contribution in [-0.4, -0.2) is 33.1 Å². The van der Waals surface area contributed by atoms with Gasteiger partial charge in [0.05, 0.1) is 32.5 Å². The first-order valence-electron chi connectivity index (χ1n) is 9.43. The summed E-state index contributed by atoms with van der Waals surface area (Å²) in [6.45, 7) is 5.24. The van der Waals surface area contributed by atoms with Gasteiger partial charge < -0.3 is 18.9 Å². The van der Waals surface area contributed by atoms with Crippen molar-refractivity contribution in [2.45, 2.75) is 20.8 Å². The third-order valence-corrected chi connectivity index (χ3v) is 4.37. The molecule has 0 aliphatic rings. The number of ketones is 1. The average molecular weight is 423 g/mol. The second-order valence-electron chi connectivity index (χ2n) is 7.62. The summed E-state index contributed by atoms with van der Waals surface area (Å²) in [7, 11) is 4.41. The fourth-order valence-electron chi connectivity index (χ4n) is 2.70. The van der Waals surface area contributed by atoms with Crippen LogP contribution < -0.4 is 18.9 Å². The standard InChI is InChI=1S/C24H25NO6/c1-24(2,3)22(26)17(14-25)11-15-7-9-19(20(12-15)29-5)31-23(27)16-8-10-18(28-4)21(13-16)30-6/h7-13H,1-6H3/b17-11+. The van der Waals surface area contributed by atoms with Crippen LogP contribution in [0.5, 0.6) is 23.0 Å². The van der Waals surface area contributed by atoms with Crippen LogP contribution in [0.4, 0.5) is 0 Å². The van der Waals surface area contributed by atoms with Crippen molar-refractivity contribution in [1.82, 2.24) is 0 Å². The minimum Gasteiger partial charge on any atom is -0.493 e. The first-order chi connectivity index (χ1) is 14.6. The smallest absolute Gasteiger partial charge is 0.343 e. The Bertz CT molecular complexity index is 1060. The average Bonchev–Trinajstić information content (AvgIpc) is 2.76. The zero-order valence-electron chi connectivity index (χ0n) is 18.4. The van der Waals surface area contributed by atoms with Crippen molar-refractivity contribution in [1.29, 1.82) is 5.26 Å². The first-order valence-corrected chi connectivity index (χ1v) is 9.43. The highest BCUT2D eigenvalue weighted by Crippen LogP contribution is 2.32. The summed E-state index contributed by atoms with van der Waals surface area (Å²) < 4.78 is 21.2. The number of allylic oxidation sites excluding steroid dienone is 1. The molecule has 2 aromatic rings. The maximum atomic E-state index is 12.6. The van der Waals surface area contributed by atoms with Crippen LogP contribution >= 0.6 is 0 Å². The first kappa shape index (κ1) is 23.5. The number of Topliss-reactive ketones (excluding diaryl/α,β-unsaturated/α-hetero) is 1. The molecule has 0 aromatic heterocycles. The van der Waals surface area contributed by atoms with Crippen LogP contribution in [0.2, 0.25) is 0 Å². The molecule has 31 heavy (non-hydrogen) atoms. The van der Waals surface area contributed by atoms with E-state index in [-0.39, 0.29) is 28.4 Å². The number of carbonyl (C=O) groups is 2. The van der Waals surface area contributed by atoms with Crippen LogP contribution in [0.1, 0.15) is 36.7 Å². The Labute approximate surface area is 181 Å². The Kier molecular flexibility index (Phi) is 7.43. The quantitative estimate of drug-likeness (QED) is 0.281. The molecule has 7 heteroatoms. The Morgan fingerprint density at radius 2 is 1.45 bits per heavy atom. The fourth-order valence-corrected chi connectivity index (χ4v) is 2.70. The van der Waals surface area contributed by atoms with Gasteiger partial charge in [-0.1, -0.05) is 26.8 Å². The molecule has 7 nitrogen and oxygen atoms in total. The number of hydrogen-bond acceptors (Lipinski definition) is 7. The summed E-state index contributed by atoms with van der Waals surface area (Å²) in [5.74, 6) is 0.493. The topological polar surface area (TPSA) is 94.9 Å². The van der Waals surface area contributed by atoms with E-state index in [4.69, 9.17) is 18.9 Å². The molecular formula is C24H25NO6. The van der Waals surface area contributed by atoms with Gasteiger partial charge in [0.15, 0.2) is 28.8 Å². The molecule has 0 unspecified atom stereocenters. The molecule has 0 N–H and O–H groups in total. The number of methoxy groups -OCH3 is 3. The van der Waals surface area contributed by atoms with E-state index >= 15 is 0 Å². The van der Waals surface area contributed by atoms with Crippen LogP contribution in [-0.2, 0) is 4.79 Å². The fraction of sp³-hybridized carbons (Fsp3) is 0.292. The minimum atomic E-state index is -0.680. The van der Waals surface area contributed by atoms with E-state index < -0.39 is 11.4 Å². The number of hydrogen-bond donors (Lipinski definition) is 0. The van der Waals surface area contributed by atoms with Gasteiger partial charge in [0.1, 0.15) is 6.07 Å². The predicted octanol–water partition coefficient (Wildman–Crippen LogP) is 4.45. The zero-order valence-corrected chi connectivity index (χ0v) is 18.4. The second-order valence-corrected chi connectivity index (χ2v) is 7.62. The van der Waals surface area contributed by atoms with Crippen molar-refractivity contribution < 1.29 is 28.5 Å². The maximum Gasteiger partial charge on any atom is 0.343 e. The van der Waals surface area contributed by atoms with Gasteiger partial charge in [0.2, 0.25) is 0 Å². The molecule has 162 valence electrons. The molecule has 0 radical (unpaired) electrons. The van der Waals surface area contributed by atoms with E-state index in [1.165, 1.54) is 33.5 Å². The van der Waals surface area contributed by atoms with Crippen LogP contribution in [0.3, 0.4) is 0 Å². The van der Waals surface area contributed by atoms with Crippen molar-refractivity contribution in [2.24, 2.45) is 5.41 Å². The molecule has 2 aromatic carbocycles. The van der Waals surface area contributed by atoms with Gasteiger partial charge in [-0.3, -0.25) is 4.79 Å². The lowest BCUT2D eigenvalue weighted by Crippen LogP contribution is -2.21. The Hall–Kier alpha value is -3.79. The summed E-state index contributed by atoms with van der Waals surface area (Å²) in [6, 6.07) is 11.4. The van der Waals surface area contributed by atoms with Crippen molar-refractivity contribution in [3.8, 4) is 29.1 Å². The molecule has 0 aliphatic heterocycles. The van der Waals surface area contributed by atoms with Gasteiger partial charge in [0.25, 0.3) is 0 Å². The Morgan fingerprint density at radius 1 is 0.871 bits per heavy atom. The predicted molar refractivity (Wildman–Crippen MR) is 116 cm³/mol. The van der Waals surface area contributed by atoms with Crippen LogP contribution in [0.25, 0.3) is 6.08 Å². The number of benzene rings is 2. The summed E-state index contributed by atoms with van der Waals surface area (Å²) in [6.07, 6.45) is 1.48. The SMILES string of the molecule is COc1ccc(C(=O)Oc2ccc(/C=C(\C#N)C(=O)C(C)(C)C)cc2OC)cc1OC. The van der Waals surface area contributed by atoms with Crippen LogP contribution in [0, 0.1) is 16.7 Å². The van der Waals surface area contributed by atoms with E-state index in [0.29, 0.717) is 17.1 Å². The lowest BCUT2D eigenvalue weighted by Gasteiger charge is -2.15. The number of nitrogens with zero attached hydrogens (tertiary/aromatic N) is 1. The highest BCUT2D eigenvalue weighted by molar-refractivity contribution is 6.06. The monoisotopic (exact) mass is 423 g/mol. The lowest BCUT2D eigenvalue weighted by molar-refractivity contribution is -0.121. The minimum absolute atomic E-state index is 0.0321. The summed E-state index contributed by atoms with van der Waals surface area (Å²) in [5, 5.41) is 9.37. The van der Waals surface area contributed by atoms with Gasteiger partial charge in [-0.25, -0.2) is 4.79 Å². The molecule has 0 atom stereocenters. The van der Waals surface area contributed by atoms with Crippen molar-refractivity contribution in [2.75, 3.05) is 21.3 Å². The summed E-state index contributed by atoms with van der Waals surface area (Å²) in [5.41, 5.74) is 0.188. The van der Waals surface area contributed by atoms with Crippen molar-refractivity contribution in [3.63, 3.8) is 0 Å². The Balaban J connectivity index is 2.32. The number of esters is 1. The highest BCUT2D eigenvalue weighted by Gasteiger charge is 2.25. The summed E-state index contributed by atoms with van der Waals surface area (Å²) in [4.78, 5) is 25.0. The van der Waals surface area contributed by atoms with Gasteiger partial charge in [-0.05, 0) is 42.0 Å². The van der Waals surface area contributed by atoms with Crippen molar-refractivity contribution >= 4 is 17.8 Å². The number of rotatable bonds is 7. The maximum absolute atomic E-state index is 12.6. The highest BCUT2D eigenvalue weighted by atomic mass is 16.6. The number of ether oxygens (including phenoxy) is 4. The zero-order chi connectivity index (χ0) is 23.2. The molecule has 0 aliphatic carbocycles. The molecule has 0 fully saturated rings. The molecule has 0 heterocycles. The molecule has 0 spiro atoms. The largest absolute Gasteiger partial charge is 0.493 e. The lowest BCUT2D eigenvalue weighted by atomic mass is 9.86. The van der Waals surface area contributed by atoms with E-state index in [9.17, 15) is 14.9 Å². The van der Waals surface area contributed by atoms with E-state index in [1.807, 2.05) is 6.07 Å². The van der Waals surface area contributed by atoms with Gasteiger partial charge in [0, 0.05) is 5.41 Å². The van der Waals surface area contributed by atoms with Gasteiger partial charge in [-0.2, -0.15) is 5.26 Å². The molecule has 0 bridgehead atoms. The summed E-state index contributed by atoms with van der Waals surface area (Å²) >= 11 is 0. The molecule has 2 rings (SSSR count). The third kappa shape index (κ3) is 5.64. The Morgan fingerprint density at radius 3 is 2.00 bits per heavy atom. The van der Waals surface area contributed by atoms with E-state index in [0.717, 1.165) is 0 Å². The molecule has 0 saturated heterocycles. The van der Waals surface area contributed by atoms with E-state index in [2.05, 4.69) is 0 Å². The third-order valence-electron chi connectivity index (χ3n) is 4.37. The molecule has 0 saturated carbocycles.